The predicted octanol–water partition coefficient (Wildman–Crippen LogP) is 5.36. The minimum absolute atomic E-state index is 0.197. The van der Waals surface area contributed by atoms with Gasteiger partial charge in [-0.3, -0.25) is 0 Å². The highest BCUT2D eigenvalue weighted by atomic mass is 16.4. The second-order valence-electron chi connectivity index (χ2n) is 6.88. The SMILES string of the molecule is O=c1oc2cc3ccc4cccc5ccc(c2oc(=O)c2ccccc12)c3c45. The second kappa shape index (κ2) is 5.30. The zero-order valence-corrected chi connectivity index (χ0v) is 14.6. The normalized spacial score (nSPS) is 11.9. The third kappa shape index (κ3) is 1.94. The first-order chi connectivity index (χ1) is 13.7. The molecule has 0 aliphatic carbocycles. The van der Waals surface area contributed by atoms with Crippen molar-refractivity contribution < 1.29 is 8.83 Å². The summed E-state index contributed by atoms with van der Waals surface area (Å²) in [7, 11) is 0. The van der Waals surface area contributed by atoms with E-state index in [-0.39, 0.29) is 21.9 Å². The van der Waals surface area contributed by atoms with E-state index in [1.54, 1.807) is 30.3 Å². The average molecular weight is 364 g/mol. The fourth-order valence-corrected chi connectivity index (χ4v) is 4.08. The van der Waals surface area contributed by atoms with Gasteiger partial charge in [0.2, 0.25) is 0 Å². The molecule has 1 aromatic heterocycles. The molecule has 0 unspecified atom stereocenters. The maximum absolute atomic E-state index is 12.8. The zero-order chi connectivity index (χ0) is 18.8. The standard InChI is InChI=1S/C24H12O4/c25-23-16-6-1-2-7-17(16)24(26)28-22-18-11-10-14-5-3-4-13-8-9-15(12-19(22)27-23)21(18)20(13)14/h1-12H. The topological polar surface area (TPSA) is 60.4 Å². The Morgan fingerprint density at radius 3 is 1.93 bits per heavy atom. The third-order valence-electron chi connectivity index (χ3n) is 5.33. The molecular weight excluding hydrogens is 352 g/mol. The largest absolute Gasteiger partial charge is 0.419 e. The molecule has 4 heteroatoms. The molecule has 4 nitrogen and oxygen atoms in total. The Balaban J connectivity index is 1.97. The van der Waals surface area contributed by atoms with E-state index < -0.39 is 11.3 Å². The van der Waals surface area contributed by atoms with E-state index in [2.05, 4.69) is 12.1 Å². The highest BCUT2D eigenvalue weighted by Crippen LogP contribution is 2.37. The summed E-state index contributed by atoms with van der Waals surface area (Å²) >= 11 is 0. The minimum atomic E-state index is -0.568. The number of fused-ring (bicyclic) bond motifs is 3. The Labute approximate surface area is 157 Å². The molecule has 0 fully saturated rings. The van der Waals surface area contributed by atoms with Crippen LogP contribution in [-0.2, 0) is 0 Å². The lowest BCUT2D eigenvalue weighted by Gasteiger charge is -2.11. The molecule has 6 rings (SSSR count). The van der Waals surface area contributed by atoms with Gasteiger partial charge >= 0.3 is 11.3 Å². The second-order valence-corrected chi connectivity index (χ2v) is 6.88. The molecule has 28 heavy (non-hydrogen) atoms. The van der Waals surface area contributed by atoms with Gasteiger partial charge in [0.25, 0.3) is 0 Å². The van der Waals surface area contributed by atoms with Crippen LogP contribution in [0.5, 0.6) is 0 Å². The fraction of sp³-hybridized carbons (Fsp3) is 0. The van der Waals surface area contributed by atoms with Crippen molar-refractivity contribution >= 4 is 54.3 Å². The molecule has 0 saturated heterocycles. The Morgan fingerprint density at radius 2 is 1.18 bits per heavy atom. The summed E-state index contributed by atoms with van der Waals surface area (Å²) < 4.78 is 11.4. The van der Waals surface area contributed by atoms with Gasteiger partial charge in [0.05, 0.1) is 10.8 Å². The van der Waals surface area contributed by atoms with Gasteiger partial charge in [-0.05, 0) is 45.8 Å². The van der Waals surface area contributed by atoms with Crippen LogP contribution in [0.15, 0.2) is 91.2 Å². The van der Waals surface area contributed by atoms with Crippen molar-refractivity contribution in [1.82, 2.24) is 0 Å². The third-order valence-corrected chi connectivity index (χ3v) is 5.33. The molecule has 0 saturated carbocycles. The van der Waals surface area contributed by atoms with Crippen molar-refractivity contribution in [2.45, 2.75) is 0 Å². The summed E-state index contributed by atoms with van der Waals surface area (Å²) in [6, 6.07) is 22.4. The lowest BCUT2D eigenvalue weighted by atomic mass is 9.94. The Morgan fingerprint density at radius 1 is 0.536 bits per heavy atom. The van der Waals surface area contributed by atoms with Gasteiger partial charge in [-0.15, -0.1) is 0 Å². The van der Waals surface area contributed by atoms with Crippen LogP contribution >= 0.6 is 0 Å². The average Bonchev–Trinajstić information content (AvgIpc) is 2.72. The fourth-order valence-electron chi connectivity index (χ4n) is 4.08. The van der Waals surface area contributed by atoms with E-state index in [0.717, 1.165) is 32.3 Å². The highest BCUT2D eigenvalue weighted by Gasteiger charge is 2.14. The molecule has 0 N–H and O–H groups in total. The van der Waals surface area contributed by atoms with E-state index in [9.17, 15) is 9.59 Å². The highest BCUT2D eigenvalue weighted by molar-refractivity contribution is 6.27. The number of hydrogen-bond acceptors (Lipinski definition) is 4. The van der Waals surface area contributed by atoms with Crippen molar-refractivity contribution in [3.05, 3.63) is 93.6 Å². The predicted molar refractivity (Wildman–Crippen MR) is 111 cm³/mol. The van der Waals surface area contributed by atoms with Crippen molar-refractivity contribution in [2.75, 3.05) is 0 Å². The molecule has 0 atom stereocenters. The van der Waals surface area contributed by atoms with Crippen LogP contribution in [-0.4, -0.2) is 0 Å². The molecule has 6 aromatic rings. The number of hydrogen-bond donors (Lipinski definition) is 0. The van der Waals surface area contributed by atoms with E-state index in [1.807, 2.05) is 30.3 Å². The zero-order valence-electron chi connectivity index (χ0n) is 14.6. The molecule has 0 spiro atoms. The van der Waals surface area contributed by atoms with Gasteiger partial charge in [-0.1, -0.05) is 48.5 Å². The van der Waals surface area contributed by atoms with Crippen LogP contribution in [0.2, 0.25) is 0 Å². The van der Waals surface area contributed by atoms with E-state index in [0.29, 0.717) is 0 Å². The van der Waals surface area contributed by atoms with E-state index in [1.165, 1.54) is 0 Å². The first-order valence-corrected chi connectivity index (χ1v) is 8.94. The molecule has 132 valence electrons. The minimum Gasteiger partial charge on any atom is -0.419 e. The monoisotopic (exact) mass is 364 g/mol. The molecule has 0 aliphatic heterocycles. The van der Waals surface area contributed by atoms with Gasteiger partial charge in [0.15, 0.2) is 11.2 Å². The number of rotatable bonds is 0. The summed E-state index contributed by atoms with van der Waals surface area (Å²) in [6.07, 6.45) is 0. The van der Waals surface area contributed by atoms with Crippen molar-refractivity contribution in [3.63, 3.8) is 0 Å². The van der Waals surface area contributed by atoms with Crippen LogP contribution in [0.1, 0.15) is 0 Å². The van der Waals surface area contributed by atoms with Gasteiger partial charge in [0.1, 0.15) is 0 Å². The van der Waals surface area contributed by atoms with Crippen LogP contribution in [0.4, 0.5) is 0 Å². The van der Waals surface area contributed by atoms with Crippen molar-refractivity contribution in [3.8, 4) is 0 Å². The van der Waals surface area contributed by atoms with Crippen molar-refractivity contribution in [2.24, 2.45) is 0 Å². The van der Waals surface area contributed by atoms with Crippen LogP contribution in [0, 0.1) is 0 Å². The summed E-state index contributed by atoms with van der Waals surface area (Å²) in [5, 5.41) is 6.38. The Bertz CT molecular complexity index is 1690. The van der Waals surface area contributed by atoms with Gasteiger partial charge in [0, 0.05) is 10.8 Å². The van der Waals surface area contributed by atoms with E-state index >= 15 is 0 Å². The first-order valence-electron chi connectivity index (χ1n) is 8.94. The Kier molecular flexibility index (Phi) is 2.87. The van der Waals surface area contributed by atoms with Gasteiger partial charge < -0.3 is 8.83 Å². The first kappa shape index (κ1) is 15.2. The molecular formula is C24H12O4. The molecule has 0 radical (unpaired) electrons. The maximum Gasteiger partial charge on any atom is 0.344 e. The maximum atomic E-state index is 12.8. The van der Waals surface area contributed by atoms with Gasteiger partial charge in [-0.2, -0.15) is 0 Å². The molecule has 0 bridgehead atoms. The lowest BCUT2D eigenvalue weighted by molar-refractivity contribution is 0.532. The molecule has 5 aromatic carbocycles. The summed E-state index contributed by atoms with van der Waals surface area (Å²) in [5.41, 5.74) is -0.609. The molecule has 0 amide bonds. The molecule has 0 aliphatic rings. The molecule has 1 heterocycles. The lowest BCUT2D eigenvalue weighted by Crippen LogP contribution is -2.05. The quantitative estimate of drug-likeness (QED) is 0.341. The summed E-state index contributed by atoms with van der Waals surface area (Å²) in [5.74, 6) is 0. The van der Waals surface area contributed by atoms with Crippen LogP contribution in [0.25, 0.3) is 54.3 Å². The summed E-state index contributed by atoms with van der Waals surface area (Å²) in [6.45, 7) is 0. The van der Waals surface area contributed by atoms with Crippen LogP contribution < -0.4 is 11.3 Å². The Hall–Kier alpha value is -3.92. The smallest absolute Gasteiger partial charge is 0.344 e. The van der Waals surface area contributed by atoms with Gasteiger partial charge in [-0.25, -0.2) is 9.59 Å². The summed E-state index contributed by atoms with van der Waals surface area (Å²) in [4.78, 5) is 25.5. The number of benzene rings is 5. The van der Waals surface area contributed by atoms with Crippen molar-refractivity contribution in [1.29, 1.82) is 0 Å². The van der Waals surface area contributed by atoms with Crippen LogP contribution in [0.3, 0.4) is 0 Å². The van der Waals surface area contributed by atoms with E-state index in [4.69, 9.17) is 8.83 Å².